The summed E-state index contributed by atoms with van der Waals surface area (Å²) in [5.74, 6) is -0.612. The van der Waals surface area contributed by atoms with Crippen molar-refractivity contribution in [2.24, 2.45) is 0 Å². The number of esters is 1. The molecule has 1 N–H and O–H groups in total. The van der Waals surface area contributed by atoms with Gasteiger partial charge in [0.1, 0.15) is 7.06 Å². The van der Waals surface area contributed by atoms with Crippen LogP contribution < -0.4 is 0 Å². The quantitative estimate of drug-likeness (QED) is 0.634. The summed E-state index contributed by atoms with van der Waals surface area (Å²) in [6.07, 6.45) is -0.898. The lowest BCUT2D eigenvalue weighted by Crippen LogP contribution is -2.07. The Morgan fingerprint density at radius 2 is 2.31 bits per heavy atom. The first-order chi connectivity index (χ1) is 8.15. The van der Waals surface area contributed by atoms with E-state index in [-0.39, 0.29) is 17.9 Å². The van der Waals surface area contributed by atoms with Crippen LogP contribution in [-0.2, 0) is 4.74 Å². The third kappa shape index (κ3) is 1.58. The minimum Gasteiger partial charge on any atom is -0.461 e. The molecule has 0 amide bonds. The topological polar surface area (TPSA) is 59.2 Å². The Morgan fingerprint density at radius 1 is 1.56 bits per heavy atom. The van der Waals surface area contributed by atoms with Crippen molar-refractivity contribution in [3.63, 3.8) is 0 Å². The normalized spacial score (nSPS) is 11.2. The van der Waals surface area contributed by atoms with Gasteiger partial charge >= 0.3 is 5.97 Å². The van der Waals surface area contributed by atoms with E-state index in [0.29, 0.717) is 10.9 Å². The summed E-state index contributed by atoms with van der Waals surface area (Å²) in [6, 6.07) is 6.96. The van der Waals surface area contributed by atoms with Gasteiger partial charge < -0.3 is 9.72 Å². The van der Waals surface area contributed by atoms with Crippen molar-refractivity contribution < 1.29 is 15.7 Å². The first kappa shape index (κ1) is 9.15. The maximum Gasteiger partial charge on any atom is 0.355 e. The molecule has 0 saturated carbocycles. The number of fused-ring (bicyclic) bond motifs is 1. The second kappa shape index (κ2) is 4.18. The summed E-state index contributed by atoms with van der Waals surface area (Å²) >= 11 is 0. The molecule has 0 fully saturated rings. The minimum atomic E-state index is -0.898. The summed E-state index contributed by atoms with van der Waals surface area (Å²) in [6.45, 7) is 1.91. The van der Waals surface area contributed by atoms with Gasteiger partial charge in [-0.3, -0.25) is 4.79 Å². The molecule has 0 aliphatic rings. The van der Waals surface area contributed by atoms with Crippen molar-refractivity contribution in [2.45, 2.75) is 6.92 Å². The largest absolute Gasteiger partial charge is 0.461 e. The van der Waals surface area contributed by atoms with Gasteiger partial charge in [0.25, 0.3) is 0 Å². The Hall–Kier alpha value is -2.10. The highest BCUT2D eigenvalue weighted by atomic mass is 16.5. The standard InChI is InChI=1S/C12H11NO3/c1-2-16-12(15)11-9(7-14)8-5-3-4-6-10(8)13-11/h3-7,13H,2H2,1H3/i7D. The maximum absolute atomic E-state index is 11.7. The van der Waals surface area contributed by atoms with Gasteiger partial charge in [0.05, 0.1) is 12.2 Å². The summed E-state index contributed by atoms with van der Waals surface area (Å²) in [5, 5.41) is 0.565. The zero-order chi connectivity index (χ0) is 12.4. The van der Waals surface area contributed by atoms with E-state index in [1.165, 1.54) is 0 Å². The summed E-state index contributed by atoms with van der Waals surface area (Å²) < 4.78 is 12.1. The van der Waals surface area contributed by atoms with Gasteiger partial charge in [-0.05, 0) is 13.0 Å². The molecular weight excluding hydrogens is 206 g/mol. The number of benzene rings is 1. The number of aromatic amines is 1. The van der Waals surface area contributed by atoms with Crippen LogP contribution >= 0.6 is 0 Å². The fourth-order valence-corrected chi connectivity index (χ4v) is 1.60. The van der Waals surface area contributed by atoms with E-state index in [0.717, 1.165) is 0 Å². The highest BCUT2D eigenvalue weighted by Crippen LogP contribution is 2.21. The Balaban J connectivity index is 2.66. The molecule has 0 saturated heterocycles. The number of aromatic nitrogens is 1. The van der Waals surface area contributed by atoms with Crippen molar-refractivity contribution in [3.8, 4) is 0 Å². The SMILES string of the molecule is [2H]C(=O)c1c(C(=O)OCC)[nH]c2ccccc12. The van der Waals surface area contributed by atoms with E-state index in [1.54, 1.807) is 31.2 Å². The molecule has 2 rings (SSSR count). The van der Waals surface area contributed by atoms with E-state index in [4.69, 9.17) is 6.11 Å². The number of hydrogen-bond donors (Lipinski definition) is 1. The minimum absolute atomic E-state index is 0.0491. The van der Waals surface area contributed by atoms with Gasteiger partial charge in [-0.15, -0.1) is 0 Å². The van der Waals surface area contributed by atoms with Crippen molar-refractivity contribution in [2.75, 3.05) is 6.61 Å². The monoisotopic (exact) mass is 218 g/mol. The first-order valence-electron chi connectivity index (χ1n) is 5.44. The fourth-order valence-electron chi connectivity index (χ4n) is 1.60. The fraction of sp³-hybridized carbons (Fsp3) is 0.167. The summed E-state index contributed by atoms with van der Waals surface area (Å²) in [7, 11) is 0. The van der Waals surface area contributed by atoms with E-state index < -0.39 is 12.2 Å². The molecule has 0 radical (unpaired) electrons. The first-order valence-corrected chi connectivity index (χ1v) is 4.94. The zero-order valence-corrected chi connectivity index (χ0v) is 8.74. The third-order valence-electron chi connectivity index (χ3n) is 2.29. The highest BCUT2D eigenvalue weighted by molar-refractivity contribution is 6.08. The van der Waals surface area contributed by atoms with Gasteiger partial charge in [-0.25, -0.2) is 4.79 Å². The Bertz CT molecular complexity index is 588. The zero-order valence-electron chi connectivity index (χ0n) is 9.74. The van der Waals surface area contributed by atoms with Gasteiger partial charge in [-0.2, -0.15) is 0 Å². The molecule has 0 aliphatic heterocycles. The average molecular weight is 218 g/mol. The van der Waals surface area contributed by atoms with Gasteiger partial charge in [0.2, 0.25) is 0 Å². The van der Waals surface area contributed by atoms with Crippen molar-refractivity contribution in [1.82, 2.24) is 4.98 Å². The van der Waals surface area contributed by atoms with E-state index >= 15 is 0 Å². The third-order valence-corrected chi connectivity index (χ3v) is 2.29. The van der Waals surface area contributed by atoms with Gasteiger partial charge in [0.15, 0.2) is 6.26 Å². The van der Waals surface area contributed by atoms with Crippen molar-refractivity contribution in [1.29, 1.82) is 0 Å². The van der Waals surface area contributed by atoms with Gasteiger partial charge in [0, 0.05) is 10.9 Å². The van der Waals surface area contributed by atoms with Crippen molar-refractivity contribution >= 4 is 23.1 Å². The number of aldehydes is 1. The summed E-state index contributed by atoms with van der Waals surface area (Å²) in [5.41, 5.74) is 0.762. The van der Waals surface area contributed by atoms with Gasteiger partial charge in [-0.1, -0.05) is 18.2 Å². The van der Waals surface area contributed by atoms with Crippen LogP contribution in [0, 0.1) is 0 Å². The predicted octanol–water partition coefficient (Wildman–Crippen LogP) is 2.16. The molecule has 82 valence electrons. The van der Waals surface area contributed by atoms with Crippen LogP contribution in [0.1, 0.15) is 29.1 Å². The maximum atomic E-state index is 11.7. The van der Waals surface area contributed by atoms with Crippen LogP contribution in [0.25, 0.3) is 10.9 Å². The van der Waals surface area contributed by atoms with Crippen LogP contribution in [0.2, 0.25) is 0 Å². The predicted molar refractivity (Wildman–Crippen MR) is 59.6 cm³/mol. The molecule has 16 heavy (non-hydrogen) atoms. The lowest BCUT2D eigenvalue weighted by molar-refractivity contribution is 0.0518. The molecule has 1 aromatic carbocycles. The van der Waals surface area contributed by atoms with Crippen LogP contribution in [-0.4, -0.2) is 23.8 Å². The lowest BCUT2D eigenvalue weighted by atomic mass is 10.1. The molecule has 0 aliphatic carbocycles. The number of hydrogen-bond acceptors (Lipinski definition) is 3. The number of carbonyl (C=O) groups is 2. The number of para-hydroxylation sites is 1. The van der Waals surface area contributed by atoms with E-state index in [2.05, 4.69) is 4.98 Å². The van der Waals surface area contributed by atoms with Crippen LogP contribution in [0.15, 0.2) is 24.3 Å². The number of H-pyrrole nitrogens is 1. The Morgan fingerprint density at radius 3 is 3.00 bits per heavy atom. The van der Waals surface area contributed by atoms with Crippen LogP contribution in [0.4, 0.5) is 0 Å². The molecule has 2 aromatic rings. The highest BCUT2D eigenvalue weighted by Gasteiger charge is 2.17. The number of nitrogens with one attached hydrogen (secondary N) is 1. The Kier molecular flexibility index (Phi) is 2.39. The molecular formula is C12H11NO3. The molecule has 0 atom stereocenters. The molecule has 0 unspecified atom stereocenters. The molecule has 1 aromatic heterocycles. The second-order valence-electron chi connectivity index (χ2n) is 3.24. The molecule has 0 bridgehead atoms. The molecule has 4 nitrogen and oxygen atoms in total. The average Bonchev–Trinajstić information content (AvgIpc) is 2.68. The lowest BCUT2D eigenvalue weighted by Gasteiger charge is -1.98. The molecule has 1 heterocycles. The smallest absolute Gasteiger partial charge is 0.355 e. The van der Waals surface area contributed by atoms with Crippen LogP contribution in [0.5, 0.6) is 0 Å². The number of rotatable bonds is 3. The van der Waals surface area contributed by atoms with Crippen molar-refractivity contribution in [3.05, 3.63) is 35.5 Å². The Labute approximate surface area is 93.6 Å². The van der Waals surface area contributed by atoms with E-state index in [9.17, 15) is 9.59 Å². The number of ether oxygens (including phenoxy) is 1. The molecule has 0 spiro atoms. The van der Waals surface area contributed by atoms with E-state index in [1.807, 2.05) is 0 Å². The van der Waals surface area contributed by atoms with Crippen LogP contribution in [0.3, 0.4) is 0 Å². The summed E-state index contributed by atoms with van der Waals surface area (Å²) in [4.78, 5) is 25.8. The number of carbonyl (C=O) groups excluding carboxylic acids is 2. The second-order valence-corrected chi connectivity index (χ2v) is 3.24. The molecule has 4 heteroatoms.